The van der Waals surface area contributed by atoms with Gasteiger partial charge in [-0.1, -0.05) is 0 Å². The van der Waals surface area contributed by atoms with E-state index in [1.807, 2.05) is 0 Å². The zero-order chi connectivity index (χ0) is 15.9. The molecular formula is C15H14FNO4S. The number of carboxylic acid groups (broad SMARTS) is 1. The quantitative estimate of drug-likeness (QED) is 0.921. The SMILES string of the molecule is C[C@@H]1CN(C(=O)c2cc3cc(F)ccc3s2)CC(C(=O)O)O1. The molecule has 7 heteroatoms. The van der Waals surface area contributed by atoms with Crippen LogP contribution in [0.3, 0.4) is 0 Å². The minimum atomic E-state index is -1.08. The number of amides is 1. The van der Waals surface area contributed by atoms with E-state index in [2.05, 4.69) is 0 Å². The molecule has 1 amide bonds. The first-order valence-corrected chi connectivity index (χ1v) is 7.62. The summed E-state index contributed by atoms with van der Waals surface area (Å²) in [4.78, 5) is 25.6. The second-order valence-electron chi connectivity index (χ2n) is 5.28. The van der Waals surface area contributed by atoms with Crippen molar-refractivity contribution in [3.8, 4) is 0 Å². The highest BCUT2D eigenvalue weighted by Crippen LogP contribution is 2.28. The summed E-state index contributed by atoms with van der Waals surface area (Å²) in [6.07, 6.45) is -1.36. The molecule has 2 heterocycles. The van der Waals surface area contributed by atoms with E-state index in [9.17, 15) is 14.0 Å². The predicted molar refractivity (Wildman–Crippen MR) is 79.7 cm³/mol. The standard InChI is InChI=1S/C15H14FNO4S/c1-8-6-17(7-11(21-8)15(19)20)14(18)13-5-9-4-10(16)2-3-12(9)22-13/h2-5,8,11H,6-7H2,1H3,(H,19,20)/t8-,11?/m1/s1. The van der Waals surface area contributed by atoms with Crippen molar-refractivity contribution < 1.29 is 23.8 Å². The number of nitrogens with zero attached hydrogens (tertiary/aromatic N) is 1. The Morgan fingerprint density at radius 2 is 2.14 bits per heavy atom. The summed E-state index contributed by atoms with van der Waals surface area (Å²) in [6, 6.07) is 6.00. The molecule has 22 heavy (non-hydrogen) atoms. The normalized spacial score (nSPS) is 22.0. The monoisotopic (exact) mass is 323 g/mol. The number of ether oxygens (including phenoxy) is 1. The number of hydrogen-bond donors (Lipinski definition) is 1. The van der Waals surface area contributed by atoms with E-state index >= 15 is 0 Å². The smallest absolute Gasteiger partial charge is 0.334 e. The number of carbonyl (C=O) groups is 2. The van der Waals surface area contributed by atoms with Crippen molar-refractivity contribution in [1.29, 1.82) is 0 Å². The van der Waals surface area contributed by atoms with E-state index in [0.717, 1.165) is 4.70 Å². The molecule has 1 aromatic carbocycles. The minimum Gasteiger partial charge on any atom is -0.479 e. The highest BCUT2D eigenvalue weighted by atomic mass is 32.1. The maximum absolute atomic E-state index is 13.2. The number of rotatable bonds is 2. The number of fused-ring (bicyclic) bond motifs is 1. The minimum absolute atomic E-state index is 0.0150. The van der Waals surface area contributed by atoms with Crippen LogP contribution in [0.1, 0.15) is 16.6 Å². The van der Waals surface area contributed by atoms with E-state index in [1.54, 1.807) is 19.1 Å². The fourth-order valence-electron chi connectivity index (χ4n) is 2.53. The number of hydrogen-bond acceptors (Lipinski definition) is 4. The van der Waals surface area contributed by atoms with Gasteiger partial charge >= 0.3 is 5.97 Å². The van der Waals surface area contributed by atoms with Gasteiger partial charge in [-0.15, -0.1) is 11.3 Å². The highest BCUT2D eigenvalue weighted by molar-refractivity contribution is 7.20. The number of morpholine rings is 1. The van der Waals surface area contributed by atoms with Crippen molar-refractivity contribution in [2.75, 3.05) is 13.1 Å². The summed E-state index contributed by atoms with van der Waals surface area (Å²) in [7, 11) is 0. The molecule has 0 bridgehead atoms. The van der Waals surface area contributed by atoms with Crippen LogP contribution in [0.2, 0.25) is 0 Å². The van der Waals surface area contributed by atoms with Crippen LogP contribution in [0.4, 0.5) is 4.39 Å². The van der Waals surface area contributed by atoms with E-state index in [1.165, 1.54) is 28.4 Å². The number of aliphatic carboxylic acids is 1. The van der Waals surface area contributed by atoms with Gasteiger partial charge in [0, 0.05) is 11.2 Å². The molecule has 0 spiro atoms. The highest BCUT2D eigenvalue weighted by Gasteiger charge is 2.33. The van der Waals surface area contributed by atoms with E-state index in [0.29, 0.717) is 16.8 Å². The van der Waals surface area contributed by atoms with Gasteiger partial charge < -0.3 is 14.7 Å². The number of carboxylic acids is 1. The number of benzene rings is 1. The summed E-state index contributed by atoms with van der Waals surface area (Å²) >= 11 is 1.27. The first-order chi connectivity index (χ1) is 10.4. The molecule has 0 saturated carbocycles. The van der Waals surface area contributed by atoms with Gasteiger partial charge in [0.25, 0.3) is 5.91 Å². The van der Waals surface area contributed by atoms with Crippen molar-refractivity contribution >= 4 is 33.3 Å². The van der Waals surface area contributed by atoms with Crippen LogP contribution in [-0.2, 0) is 9.53 Å². The van der Waals surface area contributed by atoms with Crippen LogP contribution in [0.15, 0.2) is 24.3 Å². The summed E-state index contributed by atoms with van der Waals surface area (Å²) in [6.45, 7) is 2.09. The van der Waals surface area contributed by atoms with E-state index in [-0.39, 0.29) is 24.4 Å². The molecule has 2 aromatic rings. The Morgan fingerprint density at radius 3 is 2.86 bits per heavy atom. The molecule has 1 fully saturated rings. The first kappa shape index (κ1) is 14.9. The van der Waals surface area contributed by atoms with Gasteiger partial charge in [-0.05, 0) is 36.6 Å². The Hall–Kier alpha value is -1.99. The van der Waals surface area contributed by atoms with Gasteiger partial charge in [-0.2, -0.15) is 0 Å². The molecule has 1 aliphatic heterocycles. The fourth-order valence-corrected chi connectivity index (χ4v) is 3.54. The molecule has 5 nitrogen and oxygen atoms in total. The summed E-state index contributed by atoms with van der Waals surface area (Å²) < 4.78 is 19.3. The summed E-state index contributed by atoms with van der Waals surface area (Å²) in [5.41, 5.74) is 0. The molecule has 0 radical (unpaired) electrons. The Bertz CT molecular complexity index is 744. The van der Waals surface area contributed by atoms with Crippen molar-refractivity contribution in [2.24, 2.45) is 0 Å². The molecule has 1 aliphatic rings. The Balaban J connectivity index is 1.86. The maximum Gasteiger partial charge on any atom is 0.334 e. The maximum atomic E-state index is 13.2. The van der Waals surface area contributed by atoms with Gasteiger partial charge in [0.05, 0.1) is 17.5 Å². The van der Waals surface area contributed by atoms with Crippen molar-refractivity contribution in [3.05, 3.63) is 35.0 Å². The van der Waals surface area contributed by atoms with Crippen LogP contribution >= 0.6 is 11.3 Å². The zero-order valence-corrected chi connectivity index (χ0v) is 12.6. The lowest BCUT2D eigenvalue weighted by Gasteiger charge is -2.34. The molecular weight excluding hydrogens is 309 g/mol. The van der Waals surface area contributed by atoms with Crippen LogP contribution < -0.4 is 0 Å². The van der Waals surface area contributed by atoms with Crippen molar-refractivity contribution in [3.63, 3.8) is 0 Å². The first-order valence-electron chi connectivity index (χ1n) is 6.80. The molecule has 1 N–H and O–H groups in total. The van der Waals surface area contributed by atoms with Crippen LogP contribution in [0, 0.1) is 5.82 Å². The second kappa shape index (κ2) is 5.66. The predicted octanol–water partition coefficient (Wildman–Crippen LogP) is 2.35. The Labute approximate surface area is 129 Å². The number of halogens is 1. The third kappa shape index (κ3) is 2.82. The molecule has 1 unspecified atom stereocenters. The van der Waals surface area contributed by atoms with E-state index in [4.69, 9.17) is 9.84 Å². The number of thiophene rings is 1. The van der Waals surface area contributed by atoms with Crippen LogP contribution in [-0.4, -0.2) is 47.2 Å². The zero-order valence-electron chi connectivity index (χ0n) is 11.8. The summed E-state index contributed by atoms with van der Waals surface area (Å²) in [5.74, 6) is -1.68. The average Bonchev–Trinajstić information content (AvgIpc) is 2.88. The second-order valence-corrected chi connectivity index (χ2v) is 6.36. The third-order valence-electron chi connectivity index (χ3n) is 3.51. The largest absolute Gasteiger partial charge is 0.479 e. The van der Waals surface area contributed by atoms with Crippen molar-refractivity contribution in [1.82, 2.24) is 4.90 Å². The van der Waals surface area contributed by atoms with Gasteiger partial charge in [-0.25, -0.2) is 9.18 Å². The molecule has 1 saturated heterocycles. The van der Waals surface area contributed by atoms with Gasteiger partial charge in [0.2, 0.25) is 0 Å². The van der Waals surface area contributed by atoms with Gasteiger partial charge in [0.1, 0.15) is 5.82 Å². The third-order valence-corrected chi connectivity index (χ3v) is 4.62. The number of carbonyl (C=O) groups excluding carboxylic acids is 1. The lowest BCUT2D eigenvalue weighted by atomic mass is 10.2. The molecule has 3 rings (SSSR count). The Kier molecular flexibility index (Phi) is 3.84. The average molecular weight is 323 g/mol. The lowest BCUT2D eigenvalue weighted by Crippen LogP contribution is -2.51. The van der Waals surface area contributed by atoms with Gasteiger partial charge in [0.15, 0.2) is 6.10 Å². The fraction of sp³-hybridized carbons (Fsp3) is 0.333. The van der Waals surface area contributed by atoms with E-state index < -0.39 is 12.1 Å². The van der Waals surface area contributed by atoms with Crippen LogP contribution in [0.25, 0.3) is 10.1 Å². The molecule has 2 atom stereocenters. The Morgan fingerprint density at radius 1 is 1.36 bits per heavy atom. The van der Waals surface area contributed by atoms with Crippen molar-refractivity contribution in [2.45, 2.75) is 19.1 Å². The van der Waals surface area contributed by atoms with Gasteiger partial charge in [-0.3, -0.25) is 4.79 Å². The van der Waals surface area contributed by atoms with Crippen LogP contribution in [0.5, 0.6) is 0 Å². The molecule has 1 aromatic heterocycles. The molecule has 0 aliphatic carbocycles. The summed E-state index contributed by atoms with van der Waals surface area (Å²) in [5, 5.41) is 9.74. The molecule has 116 valence electrons. The topological polar surface area (TPSA) is 66.8 Å². The lowest BCUT2D eigenvalue weighted by molar-refractivity contribution is -0.160.